The third-order valence-corrected chi connectivity index (χ3v) is 2.61. The van der Waals surface area contributed by atoms with E-state index in [1.165, 1.54) is 5.56 Å². The minimum atomic E-state index is 0.442. The highest BCUT2D eigenvalue weighted by molar-refractivity contribution is 5.52. The molecule has 0 atom stereocenters. The van der Waals surface area contributed by atoms with Crippen molar-refractivity contribution in [3.8, 4) is 6.07 Å². The summed E-state index contributed by atoms with van der Waals surface area (Å²) >= 11 is 0. The minimum absolute atomic E-state index is 0.442. The average Bonchev–Trinajstić information content (AvgIpc) is 2.39. The molecule has 0 amide bonds. The zero-order valence-electron chi connectivity index (χ0n) is 9.56. The molecule has 2 aromatic rings. The van der Waals surface area contributed by atoms with Crippen molar-refractivity contribution >= 4 is 5.69 Å². The van der Waals surface area contributed by atoms with Gasteiger partial charge < -0.3 is 5.32 Å². The Bertz CT molecular complexity index is 512. The van der Waals surface area contributed by atoms with E-state index in [0.29, 0.717) is 6.42 Å². The first-order valence-corrected chi connectivity index (χ1v) is 5.63. The molecule has 1 N–H and O–H groups in total. The van der Waals surface area contributed by atoms with E-state index in [2.05, 4.69) is 23.5 Å². The first kappa shape index (κ1) is 11.2. The molecule has 2 rings (SSSR count). The Morgan fingerprint density at radius 2 is 1.65 bits per heavy atom. The topological polar surface area (TPSA) is 35.8 Å². The monoisotopic (exact) mass is 222 g/mol. The molecule has 0 aromatic heterocycles. The highest BCUT2D eigenvalue weighted by Crippen LogP contribution is 2.16. The molecule has 2 heteroatoms. The van der Waals surface area contributed by atoms with Crippen molar-refractivity contribution in [1.29, 1.82) is 5.26 Å². The lowest BCUT2D eigenvalue weighted by atomic mass is 10.1. The predicted octanol–water partition coefficient (Wildman–Crippen LogP) is 3.36. The number of para-hydroxylation sites is 1. The molecule has 0 spiro atoms. The molecule has 0 bridgehead atoms. The fourth-order valence-electron chi connectivity index (χ4n) is 1.73. The van der Waals surface area contributed by atoms with E-state index in [1.807, 2.05) is 42.5 Å². The van der Waals surface area contributed by atoms with Crippen LogP contribution in [0, 0.1) is 11.3 Å². The number of rotatable bonds is 4. The van der Waals surface area contributed by atoms with Crippen molar-refractivity contribution in [2.45, 2.75) is 13.0 Å². The third-order valence-electron chi connectivity index (χ3n) is 2.61. The fraction of sp³-hybridized carbons (Fsp3) is 0.133. The molecule has 0 aliphatic carbocycles. The second kappa shape index (κ2) is 5.72. The van der Waals surface area contributed by atoms with Crippen LogP contribution in [0.3, 0.4) is 0 Å². The van der Waals surface area contributed by atoms with Crippen LogP contribution in [0.4, 0.5) is 5.69 Å². The Balaban J connectivity index is 2.07. The van der Waals surface area contributed by atoms with E-state index in [4.69, 9.17) is 5.26 Å². The zero-order chi connectivity index (χ0) is 11.9. The van der Waals surface area contributed by atoms with Gasteiger partial charge in [-0.25, -0.2) is 0 Å². The van der Waals surface area contributed by atoms with Crippen molar-refractivity contribution in [3.63, 3.8) is 0 Å². The average molecular weight is 222 g/mol. The zero-order valence-corrected chi connectivity index (χ0v) is 9.56. The summed E-state index contributed by atoms with van der Waals surface area (Å²) in [6, 6.07) is 20.3. The number of benzene rings is 2. The molecule has 0 radical (unpaired) electrons. The SMILES string of the molecule is N#CCc1ccccc1NCc1ccccc1. The molecule has 2 nitrogen and oxygen atoms in total. The first-order chi connectivity index (χ1) is 8.40. The van der Waals surface area contributed by atoms with E-state index >= 15 is 0 Å². The minimum Gasteiger partial charge on any atom is -0.381 e. The summed E-state index contributed by atoms with van der Waals surface area (Å²) in [5.41, 5.74) is 3.32. The molecular formula is C15H14N2. The van der Waals surface area contributed by atoms with E-state index < -0.39 is 0 Å². The summed E-state index contributed by atoms with van der Waals surface area (Å²) in [4.78, 5) is 0. The summed E-state index contributed by atoms with van der Waals surface area (Å²) < 4.78 is 0. The number of nitrogens with zero attached hydrogens (tertiary/aromatic N) is 1. The lowest BCUT2D eigenvalue weighted by molar-refractivity contribution is 1.13. The highest BCUT2D eigenvalue weighted by atomic mass is 14.9. The largest absolute Gasteiger partial charge is 0.381 e. The van der Waals surface area contributed by atoms with E-state index in [1.54, 1.807) is 0 Å². The number of nitriles is 1. The highest BCUT2D eigenvalue weighted by Gasteiger charge is 2.00. The summed E-state index contributed by atoms with van der Waals surface area (Å²) in [5.74, 6) is 0. The van der Waals surface area contributed by atoms with Crippen LogP contribution in [0.25, 0.3) is 0 Å². The van der Waals surface area contributed by atoms with Crippen LogP contribution in [0.1, 0.15) is 11.1 Å². The predicted molar refractivity (Wildman–Crippen MR) is 69.5 cm³/mol. The smallest absolute Gasteiger partial charge is 0.0670 e. The maximum atomic E-state index is 8.75. The van der Waals surface area contributed by atoms with Gasteiger partial charge in [-0.1, -0.05) is 48.5 Å². The second-order valence-electron chi connectivity index (χ2n) is 3.83. The molecule has 0 unspecified atom stereocenters. The van der Waals surface area contributed by atoms with Gasteiger partial charge in [0.15, 0.2) is 0 Å². The molecular weight excluding hydrogens is 208 g/mol. The van der Waals surface area contributed by atoms with Gasteiger partial charge in [-0.15, -0.1) is 0 Å². The van der Waals surface area contributed by atoms with Crippen molar-refractivity contribution in [2.75, 3.05) is 5.32 Å². The molecule has 0 saturated carbocycles. The van der Waals surface area contributed by atoms with Crippen molar-refractivity contribution in [3.05, 3.63) is 65.7 Å². The fourth-order valence-corrected chi connectivity index (χ4v) is 1.73. The summed E-state index contributed by atoms with van der Waals surface area (Å²) in [7, 11) is 0. The number of anilines is 1. The van der Waals surface area contributed by atoms with Gasteiger partial charge in [0.2, 0.25) is 0 Å². The van der Waals surface area contributed by atoms with Gasteiger partial charge in [0, 0.05) is 12.2 Å². The summed E-state index contributed by atoms with van der Waals surface area (Å²) in [6.07, 6.45) is 0.442. The van der Waals surface area contributed by atoms with E-state index in [0.717, 1.165) is 17.8 Å². The van der Waals surface area contributed by atoms with Gasteiger partial charge in [-0.2, -0.15) is 5.26 Å². The quantitative estimate of drug-likeness (QED) is 0.861. The van der Waals surface area contributed by atoms with Crippen molar-refractivity contribution in [2.24, 2.45) is 0 Å². The molecule has 0 saturated heterocycles. The first-order valence-electron chi connectivity index (χ1n) is 5.63. The third kappa shape index (κ3) is 3.09. The van der Waals surface area contributed by atoms with Crippen molar-refractivity contribution in [1.82, 2.24) is 0 Å². The normalized spacial score (nSPS) is 9.59. The van der Waals surface area contributed by atoms with Gasteiger partial charge in [-0.3, -0.25) is 0 Å². The number of nitrogens with one attached hydrogen (secondary N) is 1. The maximum Gasteiger partial charge on any atom is 0.0670 e. The van der Waals surface area contributed by atoms with Crippen molar-refractivity contribution < 1.29 is 0 Å². The maximum absolute atomic E-state index is 8.75. The van der Waals surface area contributed by atoms with Crippen LogP contribution in [0.5, 0.6) is 0 Å². The summed E-state index contributed by atoms with van der Waals surface area (Å²) in [6.45, 7) is 0.781. The van der Waals surface area contributed by atoms with Crippen LogP contribution in [-0.2, 0) is 13.0 Å². The molecule has 0 aliphatic rings. The van der Waals surface area contributed by atoms with E-state index in [9.17, 15) is 0 Å². The molecule has 2 aromatic carbocycles. The van der Waals surface area contributed by atoms with Gasteiger partial charge in [0.25, 0.3) is 0 Å². The number of hydrogen-bond acceptors (Lipinski definition) is 2. The molecule has 84 valence electrons. The lowest BCUT2D eigenvalue weighted by Crippen LogP contribution is -2.01. The molecule has 0 fully saturated rings. The van der Waals surface area contributed by atoms with Crippen LogP contribution in [0.2, 0.25) is 0 Å². The van der Waals surface area contributed by atoms with Crippen LogP contribution in [-0.4, -0.2) is 0 Å². The molecule has 17 heavy (non-hydrogen) atoms. The van der Waals surface area contributed by atoms with Gasteiger partial charge >= 0.3 is 0 Å². The Morgan fingerprint density at radius 3 is 2.41 bits per heavy atom. The Kier molecular flexibility index (Phi) is 3.77. The molecule has 0 aliphatic heterocycles. The second-order valence-corrected chi connectivity index (χ2v) is 3.83. The van der Waals surface area contributed by atoms with Gasteiger partial charge in [-0.05, 0) is 17.2 Å². The van der Waals surface area contributed by atoms with Gasteiger partial charge in [0.1, 0.15) is 0 Å². The van der Waals surface area contributed by atoms with E-state index in [-0.39, 0.29) is 0 Å². The summed E-state index contributed by atoms with van der Waals surface area (Å²) in [5, 5.41) is 12.1. The lowest BCUT2D eigenvalue weighted by Gasteiger charge is -2.09. The van der Waals surface area contributed by atoms with Crippen LogP contribution in [0.15, 0.2) is 54.6 Å². The van der Waals surface area contributed by atoms with Crippen LogP contribution < -0.4 is 5.32 Å². The molecule has 0 heterocycles. The number of hydrogen-bond donors (Lipinski definition) is 1. The van der Waals surface area contributed by atoms with Gasteiger partial charge in [0.05, 0.1) is 12.5 Å². The Labute approximate surface area is 102 Å². The van der Waals surface area contributed by atoms with Crippen LogP contribution >= 0.6 is 0 Å². The standard InChI is InChI=1S/C15H14N2/c16-11-10-14-8-4-5-9-15(14)17-12-13-6-2-1-3-7-13/h1-9,17H,10,12H2. The Hall–Kier alpha value is -2.27. The Morgan fingerprint density at radius 1 is 0.941 bits per heavy atom.